The molecule has 0 saturated carbocycles. The molecule has 0 saturated heterocycles. The van der Waals surface area contributed by atoms with Gasteiger partial charge in [0.25, 0.3) is 0 Å². The zero-order valence-electron chi connectivity index (χ0n) is 12.0. The van der Waals surface area contributed by atoms with Crippen LogP contribution in [0.5, 0.6) is 0 Å². The molecule has 20 heavy (non-hydrogen) atoms. The van der Waals surface area contributed by atoms with Crippen LogP contribution in [0.1, 0.15) is 28.5 Å². The summed E-state index contributed by atoms with van der Waals surface area (Å²) in [7, 11) is 3.75. The van der Waals surface area contributed by atoms with Crippen molar-refractivity contribution in [2.24, 2.45) is 0 Å². The Balaban J connectivity index is 3.37. The predicted octanol–water partition coefficient (Wildman–Crippen LogP) is 2.38. The number of pyridine rings is 1. The van der Waals surface area contributed by atoms with Crippen LogP contribution in [0.15, 0.2) is 17.3 Å². The summed E-state index contributed by atoms with van der Waals surface area (Å²) in [5, 5.41) is 9.71. The lowest BCUT2D eigenvalue weighted by atomic mass is 10.1. The fourth-order valence-corrected chi connectivity index (χ4v) is 1.98. The first-order valence-corrected chi connectivity index (χ1v) is 7.26. The molecule has 6 heteroatoms. The lowest BCUT2D eigenvalue weighted by molar-refractivity contribution is 0.0525. The lowest BCUT2D eigenvalue weighted by Crippen LogP contribution is -2.10. The van der Waals surface area contributed by atoms with Crippen molar-refractivity contribution >= 4 is 23.8 Å². The summed E-state index contributed by atoms with van der Waals surface area (Å²) >= 11 is 1.37. The van der Waals surface area contributed by atoms with E-state index in [0.29, 0.717) is 21.8 Å². The van der Waals surface area contributed by atoms with Gasteiger partial charge in [-0.15, -0.1) is 11.8 Å². The summed E-state index contributed by atoms with van der Waals surface area (Å²) in [5.74, 6) is -0.470. The molecule has 1 aromatic rings. The van der Waals surface area contributed by atoms with Crippen LogP contribution < -0.4 is 0 Å². The summed E-state index contributed by atoms with van der Waals surface area (Å²) in [5.41, 5.74) is 1.18. The standard InChI is InChI=1S/C14H17N3O2S/c1-5-19-14(18)11-8-10(9-15)13(20-4)16-12(11)6-7-17(2)3/h6-8H,5H2,1-4H3/b7-6+. The molecule has 0 bridgehead atoms. The number of nitrogens with zero attached hydrogens (tertiary/aromatic N) is 3. The van der Waals surface area contributed by atoms with Gasteiger partial charge in [0.1, 0.15) is 11.1 Å². The Morgan fingerprint density at radius 1 is 1.60 bits per heavy atom. The third-order valence-corrected chi connectivity index (χ3v) is 3.05. The third-order valence-electron chi connectivity index (χ3n) is 2.36. The molecule has 0 amide bonds. The number of ether oxygens (including phenoxy) is 1. The first-order chi connectivity index (χ1) is 9.53. The van der Waals surface area contributed by atoms with E-state index in [1.54, 1.807) is 19.2 Å². The minimum atomic E-state index is -0.470. The summed E-state index contributed by atoms with van der Waals surface area (Å²) < 4.78 is 5.01. The minimum absolute atomic E-state index is 0.280. The Morgan fingerprint density at radius 2 is 2.30 bits per heavy atom. The molecule has 0 N–H and O–H groups in total. The highest BCUT2D eigenvalue weighted by Gasteiger charge is 2.16. The second-order valence-corrected chi connectivity index (χ2v) is 4.88. The van der Waals surface area contributed by atoms with Crippen molar-refractivity contribution in [2.75, 3.05) is 27.0 Å². The van der Waals surface area contributed by atoms with Gasteiger partial charge in [0.2, 0.25) is 0 Å². The third kappa shape index (κ3) is 4.00. The number of carbonyl (C=O) groups excluding carboxylic acids is 1. The van der Waals surface area contributed by atoms with E-state index >= 15 is 0 Å². The SMILES string of the molecule is CCOC(=O)c1cc(C#N)c(SC)nc1/C=C/N(C)C. The molecule has 0 aliphatic rings. The number of carbonyl (C=O) groups is 1. The van der Waals surface area contributed by atoms with E-state index in [0.717, 1.165) is 0 Å². The van der Waals surface area contributed by atoms with E-state index in [2.05, 4.69) is 11.1 Å². The number of aromatic nitrogens is 1. The van der Waals surface area contributed by atoms with Gasteiger partial charge in [0.15, 0.2) is 0 Å². The minimum Gasteiger partial charge on any atom is -0.462 e. The lowest BCUT2D eigenvalue weighted by Gasteiger charge is -2.09. The fourth-order valence-electron chi connectivity index (χ4n) is 1.46. The van der Waals surface area contributed by atoms with Gasteiger partial charge in [-0.2, -0.15) is 5.26 Å². The highest BCUT2D eigenvalue weighted by Crippen LogP contribution is 2.22. The van der Waals surface area contributed by atoms with Crippen molar-refractivity contribution in [1.29, 1.82) is 5.26 Å². The Hall–Kier alpha value is -2.00. The zero-order chi connectivity index (χ0) is 15.1. The fraction of sp³-hybridized carbons (Fsp3) is 0.357. The maximum absolute atomic E-state index is 12.0. The van der Waals surface area contributed by atoms with Gasteiger partial charge in [-0.05, 0) is 25.3 Å². The molecule has 0 atom stereocenters. The van der Waals surface area contributed by atoms with Gasteiger partial charge in [0, 0.05) is 20.3 Å². The molecule has 0 unspecified atom stereocenters. The van der Waals surface area contributed by atoms with Crippen molar-refractivity contribution < 1.29 is 9.53 Å². The first kappa shape index (κ1) is 16.1. The van der Waals surface area contributed by atoms with Crippen molar-refractivity contribution in [3.8, 4) is 6.07 Å². The van der Waals surface area contributed by atoms with Crippen molar-refractivity contribution in [3.63, 3.8) is 0 Å². The number of esters is 1. The molecule has 0 aliphatic heterocycles. The quantitative estimate of drug-likeness (QED) is 0.613. The Labute approximate surface area is 123 Å². The number of hydrogen-bond acceptors (Lipinski definition) is 6. The number of hydrogen-bond donors (Lipinski definition) is 0. The molecule has 0 spiro atoms. The Kier molecular flexibility index (Phi) is 6.07. The maximum Gasteiger partial charge on any atom is 0.340 e. The summed E-state index contributed by atoms with van der Waals surface area (Å²) in [6.07, 6.45) is 5.36. The second-order valence-electron chi connectivity index (χ2n) is 4.09. The van der Waals surface area contributed by atoms with Crippen molar-refractivity contribution in [1.82, 2.24) is 9.88 Å². The first-order valence-electron chi connectivity index (χ1n) is 6.04. The van der Waals surface area contributed by atoms with Crippen LogP contribution in [0.25, 0.3) is 6.08 Å². The van der Waals surface area contributed by atoms with E-state index in [1.807, 2.05) is 25.3 Å². The molecule has 0 aromatic carbocycles. The van der Waals surface area contributed by atoms with Gasteiger partial charge in [-0.25, -0.2) is 9.78 Å². The van der Waals surface area contributed by atoms with Crippen LogP contribution in [-0.2, 0) is 4.74 Å². The van der Waals surface area contributed by atoms with Gasteiger partial charge >= 0.3 is 5.97 Å². The van der Waals surface area contributed by atoms with Gasteiger partial charge in [-0.3, -0.25) is 0 Å². The molecule has 1 aromatic heterocycles. The van der Waals surface area contributed by atoms with Crippen LogP contribution in [0.2, 0.25) is 0 Å². The van der Waals surface area contributed by atoms with Crippen LogP contribution in [0.3, 0.4) is 0 Å². The predicted molar refractivity (Wildman–Crippen MR) is 79.4 cm³/mol. The highest BCUT2D eigenvalue weighted by molar-refractivity contribution is 7.98. The van der Waals surface area contributed by atoms with Crippen LogP contribution in [0.4, 0.5) is 0 Å². The van der Waals surface area contributed by atoms with Gasteiger partial charge in [0.05, 0.1) is 23.4 Å². The van der Waals surface area contributed by atoms with E-state index in [9.17, 15) is 4.79 Å². The molecule has 106 valence electrons. The summed E-state index contributed by atoms with van der Waals surface area (Å²) in [4.78, 5) is 18.2. The molecular weight excluding hydrogens is 274 g/mol. The molecule has 5 nitrogen and oxygen atoms in total. The normalized spacial score (nSPS) is 10.3. The molecule has 0 aliphatic carbocycles. The van der Waals surface area contributed by atoms with E-state index < -0.39 is 5.97 Å². The monoisotopic (exact) mass is 291 g/mol. The number of nitriles is 1. The average Bonchev–Trinajstić information content (AvgIpc) is 2.44. The van der Waals surface area contributed by atoms with E-state index in [-0.39, 0.29) is 6.61 Å². The van der Waals surface area contributed by atoms with Crippen LogP contribution in [-0.4, -0.2) is 42.8 Å². The number of thioether (sulfide) groups is 1. The van der Waals surface area contributed by atoms with Crippen LogP contribution in [0, 0.1) is 11.3 Å². The molecular formula is C14H17N3O2S. The molecule has 0 radical (unpaired) electrons. The Bertz CT molecular complexity index is 562. The topological polar surface area (TPSA) is 66.2 Å². The van der Waals surface area contributed by atoms with E-state index in [1.165, 1.54) is 17.8 Å². The molecule has 1 rings (SSSR count). The average molecular weight is 291 g/mol. The van der Waals surface area contributed by atoms with Crippen molar-refractivity contribution in [2.45, 2.75) is 11.9 Å². The van der Waals surface area contributed by atoms with Crippen LogP contribution >= 0.6 is 11.8 Å². The smallest absolute Gasteiger partial charge is 0.340 e. The van der Waals surface area contributed by atoms with Gasteiger partial charge in [-0.1, -0.05) is 0 Å². The largest absolute Gasteiger partial charge is 0.462 e. The number of rotatable bonds is 5. The van der Waals surface area contributed by atoms with E-state index in [4.69, 9.17) is 10.00 Å². The maximum atomic E-state index is 12.0. The van der Waals surface area contributed by atoms with Crippen molar-refractivity contribution in [3.05, 3.63) is 29.1 Å². The highest BCUT2D eigenvalue weighted by atomic mass is 32.2. The molecule has 0 fully saturated rings. The van der Waals surface area contributed by atoms with Gasteiger partial charge < -0.3 is 9.64 Å². The summed E-state index contributed by atoms with van der Waals surface area (Å²) in [6.45, 7) is 2.02. The molecule has 1 heterocycles. The second kappa shape index (κ2) is 7.56. The summed E-state index contributed by atoms with van der Waals surface area (Å²) in [6, 6.07) is 3.58. The zero-order valence-corrected chi connectivity index (χ0v) is 12.8. The Morgan fingerprint density at radius 3 is 2.80 bits per heavy atom.